The van der Waals surface area contributed by atoms with Crippen LogP contribution in [0, 0.1) is 0 Å². The van der Waals surface area contributed by atoms with Crippen molar-refractivity contribution in [2.45, 2.75) is 39.3 Å². The number of carboxylic acid groups (broad SMARTS) is 1. The smallest absolute Gasteiger partial charge is 0.404 e. The number of nitrogens with two attached hydrogens (primary N) is 1. The largest absolute Gasteiger partial charge is 0.465 e. The molecule has 1 aromatic carbocycles. The van der Waals surface area contributed by atoms with Crippen LogP contribution >= 0.6 is 11.3 Å². The molecule has 4 aromatic rings. The Bertz CT molecular complexity index is 1360. The molecule has 1 amide bonds. The number of nitrogens with one attached hydrogen (secondary N) is 1. The van der Waals surface area contributed by atoms with Crippen LogP contribution in [0.4, 0.5) is 10.6 Å². The number of piperazine rings is 1. The fraction of sp³-hybridized carbons (Fsp3) is 0.444. The first-order valence-electron chi connectivity index (χ1n) is 13.0. The third-order valence-corrected chi connectivity index (χ3v) is 7.99. The molecule has 1 aliphatic heterocycles. The number of benzene rings is 1. The number of hydrogen-bond acceptors (Lipinski definition) is 7. The monoisotopic (exact) mass is 521 g/mol. The molecule has 5 rings (SSSR count). The Morgan fingerprint density at radius 2 is 1.76 bits per heavy atom. The lowest BCUT2D eigenvalue weighted by Gasteiger charge is -2.34. The zero-order chi connectivity index (χ0) is 25.8. The molecule has 0 radical (unpaired) electrons. The van der Waals surface area contributed by atoms with E-state index in [9.17, 15) is 4.79 Å². The Labute approximate surface area is 220 Å². The van der Waals surface area contributed by atoms with Gasteiger partial charge in [0.1, 0.15) is 11.3 Å². The van der Waals surface area contributed by atoms with Gasteiger partial charge in [0.2, 0.25) is 0 Å². The van der Waals surface area contributed by atoms with Crippen molar-refractivity contribution in [2.75, 3.05) is 45.0 Å². The summed E-state index contributed by atoms with van der Waals surface area (Å²) >= 11 is 1.70. The summed E-state index contributed by atoms with van der Waals surface area (Å²) in [4.78, 5) is 24.9. The van der Waals surface area contributed by atoms with Crippen LogP contribution in [0.15, 0.2) is 35.7 Å². The number of aromatic nitrogens is 3. The van der Waals surface area contributed by atoms with E-state index in [0.717, 1.165) is 92.2 Å². The molecule has 1 fully saturated rings. The molecule has 37 heavy (non-hydrogen) atoms. The Morgan fingerprint density at radius 1 is 1.05 bits per heavy atom. The van der Waals surface area contributed by atoms with Crippen molar-refractivity contribution in [2.24, 2.45) is 0 Å². The number of carbonyl (C=O) groups is 1. The fourth-order valence-corrected chi connectivity index (χ4v) is 5.92. The predicted molar refractivity (Wildman–Crippen MR) is 149 cm³/mol. The summed E-state index contributed by atoms with van der Waals surface area (Å²) in [6, 6.07) is 11.0. The number of unbranched alkanes of at least 4 members (excludes halogenated alkanes) is 1. The van der Waals surface area contributed by atoms with Crippen LogP contribution in [0.1, 0.15) is 36.7 Å². The molecule has 1 aliphatic rings. The van der Waals surface area contributed by atoms with Crippen LogP contribution in [-0.2, 0) is 19.5 Å². The second-order valence-corrected chi connectivity index (χ2v) is 10.6. The minimum atomic E-state index is -0.957. The number of nitrogens with zero attached hydrogens (tertiary/aromatic N) is 5. The van der Waals surface area contributed by atoms with E-state index < -0.39 is 6.09 Å². The number of anilines is 1. The highest BCUT2D eigenvalue weighted by atomic mass is 32.1. The topological polar surface area (TPSA) is 113 Å². The number of fused-ring (bicyclic) bond motifs is 3. The van der Waals surface area contributed by atoms with Crippen LogP contribution in [0.2, 0.25) is 0 Å². The molecule has 10 heteroatoms. The Balaban J connectivity index is 1.27. The van der Waals surface area contributed by atoms with Gasteiger partial charge < -0.3 is 20.7 Å². The van der Waals surface area contributed by atoms with Crippen LogP contribution < -0.4 is 11.1 Å². The first kappa shape index (κ1) is 25.4. The van der Waals surface area contributed by atoms with Gasteiger partial charge in [0, 0.05) is 58.8 Å². The lowest BCUT2D eigenvalue weighted by atomic mass is 10.1. The zero-order valence-corrected chi connectivity index (χ0v) is 22.1. The highest BCUT2D eigenvalue weighted by Gasteiger charge is 2.19. The van der Waals surface area contributed by atoms with Gasteiger partial charge in [-0.1, -0.05) is 37.6 Å². The first-order valence-corrected chi connectivity index (χ1v) is 13.9. The second-order valence-electron chi connectivity index (χ2n) is 9.71. The van der Waals surface area contributed by atoms with Crippen LogP contribution in [0.25, 0.3) is 21.3 Å². The fourth-order valence-electron chi connectivity index (χ4n) is 5.04. The first-order chi connectivity index (χ1) is 18.0. The van der Waals surface area contributed by atoms with Gasteiger partial charge in [0.15, 0.2) is 5.82 Å². The van der Waals surface area contributed by atoms with E-state index in [1.54, 1.807) is 11.3 Å². The molecular weight excluding hydrogens is 486 g/mol. The van der Waals surface area contributed by atoms with Crippen molar-refractivity contribution < 1.29 is 9.90 Å². The SMILES string of the molecule is CCCCc1nc2c(N)nc3ccsc3c2n1Cc1ccc(CN2CCN(CCNC(=O)O)CC2)cc1. The summed E-state index contributed by atoms with van der Waals surface area (Å²) < 4.78 is 3.49. The molecular formula is C27H35N7O2S. The molecule has 0 atom stereocenters. The van der Waals surface area contributed by atoms with Gasteiger partial charge in [0.25, 0.3) is 0 Å². The summed E-state index contributed by atoms with van der Waals surface area (Å²) in [6.45, 7) is 9.03. The van der Waals surface area contributed by atoms with Crippen molar-refractivity contribution in [1.29, 1.82) is 0 Å². The van der Waals surface area contributed by atoms with Crippen LogP contribution in [0.5, 0.6) is 0 Å². The third kappa shape index (κ3) is 5.87. The molecule has 4 heterocycles. The highest BCUT2D eigenvalue weighted by Crippen LogP contribution is 2.33. The van der Waals surface area contributed by atoms with Crippen molar-refractivity contribution in [1.82, 2.24) is 29.7 Å². The number of thiophene rings is 1. The van der Waals surface area contributed by atoms with E-state index in [2.05, 4.69) is 61.2 Å². The van der Waals surface area contributed by atoms with Crippen molar-refractivity contribution in [3.63, 3.8) is 0 Å². The number of aryl methyl sites for hydroxylation is 1. The van der Waals surface area contributed by atoms with E-state index >= 15 is 0 Å². The van der Waals surface area contributed by atoms with Gasteiger partial charge in [-0.3, -0.25) is 9.80 Å². The number of hydrogen-bond donors (Lipinski definition) is 3. The van der Waals surface area contributed by atoms with Gasteiger partial charge in [0.05, 0.1) is 15.7 Å². The maximum absolute atomic E-state index is 10.6. The van der Waals surface area contributed by atoms with E-state index in [4.69, 9.17) is 15.8 Å². The van der Waals surface area contributed by atoms with E-state index in [1.165, 1.54) is 11.1 Å². The molecule has 1 saturated heterocycles. The second kappa shape index (κ2) is 11.5. The third-order valence-electron chi connectivity index (χ3n) is 7.08. The molecule has 0 unspecified atom stereocenters. The van der Waals surface area contributed by atoms with E-state index in [-0.39, 0.29) is 0 Å². The maximum atomic E-state index is 10.6. The minimum absolute atomic E-state index is 0.476. The number of rotatable bonds is 10. The van der Waals surface area contributed by atoms with Gasteiger partial charge in [-0.05, 0) is 29.0 Å². The summed E-state index contributed by atoms with van der Waals surface area (Å²) in [5.74, 6) is 1.58. The minimum Gasteiger partial charge on any atom is -0.465 e. The number of pyridine rings is 1. The molecule has 3 aromatic heterocycles. The Kier molecular flexibility index (Phi) is 7.87. The lowest BCUT2D eigenvalue weighted by Crippen LogP contribution is -2.47. The summed E-state index contributed by atoms with van der Waals surface area (Å²) in [5, 5.41) is 13.2. The van der Waals surface area contributed by atoms with Gasteiger partial charge in [-0.25, -0.2) is 14.8 Å². The quantitative estimate of drug-likeness (QED) is 0.289. The summed E-state index contributed by atoms with van der Waals surface area (Å²) in [7, 11) is 0. The standard InChI is InChI=1S/C27H35N7O2S/c1-2-3-4-22-31-23-24(25-21(9-16-37-25)30-26(23)28)34(22)18-20-7-5-19(6-8-20)17-33-14-12-32(13-15-33)11-10-29-27(35)36/h5-9,16,29H,2-4,10-15,17-18H2,1H3,(H2,28,30)(H,35,36). The molecule has 0 spiro atoms. The van der Waals surface area contributed by atoms with Crippen molar-refractivity contribution in [3.05, 3.63) is 52.7 Å². The average molecular weight is 522 g/mol. The van der Waals surface area contributed by atoms with Crippen LogP contribution in [0.3, 0.4) is 0 Å². The molecule has 0 aliphatic carbocycles. The molecule has 9 nitrogen and oxygen atoms in total. The molecule has 0 saturated carbocycles. The zero-order valence-electron chi connectivity index (χ0n) is 21.3. The Hall–Kier alpha value is -3.21. The van der Waals surface area contributed by atoms with Gasteiger partial charge >= 0.3 is 6.09 Å². The van der Waals surface area contributed by atoms with Crippen molar-refractivity contribution in [3.8, 4) is 0 Å². The highest BCUT2D eigenvalue weighted by molar-refractivity contribution is 7.18. The lowest BCUT2D eigenvalue weighted by molar-refractivity contribution is 0.127. The van der Waals surface area contributed by atoms with Gasteiger partial charge in [-0.2, -0.15) is 0 Å². The van der Waals surface area contributed by atoms with Gasteiger partial charge in [-0.15, -0.1) is 11.3 Å². The summed E-state index contributed by atoms with van der Waals surface area (Å²) in [5.41, 5.74) is 11.7. The number of nitrogen functional groups attached to an aromatic ring is 1. The summed E-state index contributed by atoms with van der Waals surface area (Å²) in [6.07, 6.45) is 2.18. The number of amides is 1. The Morgan fingerprint density at radius 3 is 2.46 bits per heavy atom. The molecule has 196 valence electrons. The van der Waals surface area contributed by atoms with E-state index in [1.807, 2.05) is 6.07 Å². The average Bonchev–Trinajstić information content (AvgIpc) is 3.49. The van der Waals surface area contributed by atoms with Crippen molar-refractivity contribution >= 4 is 44.5 Å². The predicted octanol–water partition coefficient (Wildman–Crippen LogP) is 4.00. The van der Waals surface area contributed by atoms with Crippen LogP contribution in [-0.4, -0.2) is 74.8 Å². The number of imidazole rings is 1. The normalized spacial score (nSPS) is 15.1. The molecule has 4 N–H and O–H groups in total. The molecule has 0 bridgehead atoms. The maximum Gasteiger partial charge on any atom is 0.404 e. The van der Waals surface area contributed by atoms with E-state index in [0.29, 0.717) is 12.4 Å².